The van der Waals surface area contributed by atoms with Crippen LogP contribution in [0, 0.1) is 11.3 Å². The maximum atomic E-state index is 9.62. The van der Waals surface area contributed by atoms with E-state index in [9.17, 15) is 5.26 Å². The summed E-state index contributed by atoms with van der Waals surface area (Å²) in [5.41, 5.74) is 19.3. The Morgan fingerprint density at radius 2 is 0.803 bits per heavy atom. The summed E-state index contributed by atoms with van der Waals surface area (Å²) >= 11 is 0. The van der Waals surface area contributed by atoms with E-state index in [1.165, 1.54) is 72.0 Å². The molecule has 0 fully saturated rings. The molecule has 9 aromatic carbocycles. The Morgan fingerprint density at radius 3 is 1.44 bits per heavy atom. The van der Waals surface area contributed by atoms with E-state index in [1.54, 1.807) is 0 Å². The Labute approximate surface area is 354 Å². The van der Waals surface area contributed by atoms with Crippen molar-refractivity contribution in [3.05, 3.63) is 240 Å². The smallest absolute Gasteiger partial charge is 0.160 e. The first kappa shape index (κ1) is 34.8. The molecule has 0 unspecified atom stereocenters. The molecule has 0 radical (unpaired) electrons. The highest BCUT2D eigenvalue weighted by atomic mass is 14.9. The van der Waals surface area contributed by atoms with Crippen LogP contribution in [-0.4, -0.2) is 9.97 Å². The van der Waals surface area contributed by atoms with E-state index in [-0.39, 0.29) is 0 Å². The van der Waals surface area contributed by atoms with Crippen LogP contribution >= 0.6 is 0 Å². The number of aromatic nitrogens is 2. The zero-order valence-electron chi connectivity index (χ0n) is 33.0. The SMILES string of the molecule is N#Cc1ccc(-c2nc(-c3ccc(-c4cccc5ccccc45)cc3)cc(-c3ccc4c(c3)C3(c5ccccc5-c5ccccc5-4)c4ccccc4-c4ccccc43)n2)cc1. The van der Waals surface area contributed by atoms with Crippen LogP contribution < -0.4 is 0 Å². The molecule has 1 aromatic heterocycles. The fourth-order valence-corrected chi connectivity index (χ4v) is 10.1. The van der Waals surface area contributed by atoms with Gasteiger partial charge in [0.1, 0.15) is 0 Å². The molecule has 12 rings (SSSR count). The van der Waals surface area contributed by atoms with E-state index < -0.39 is 5.41 Å². The molecule has 0 atom stereocenters. The average Bonchev–Trinajstić information content (AvgIpc) is 3.58. The molecule has 0 aliphatic heterocycles. The lowest BCUT2D eigenvalue weighted by molar-refractivity contribution is 0.775. The summed E-state index contributed by atoms with van der Waals surface area (Å²) in [6.07, 6.45) is 0. The summed E-state index contributed by atoms with van der Waals surface area (Å²) in [4.78, 5) is 10.5. The summed E-state index contributed by atoms with van der Waals surface area (Å²) in [6, 6.07) is 78.3. The molecule has 3 heteroatoms. The molecule has 61 heavy (non-hydrogen) atoms. The number of nitrogens with zero attached hydrogens (tertiary/aromatic N) is 3. The number of hydrogen-bond acceptors (Lipinski definition) is 3. The van der Waals surface area contributed by atoms with E-state index in [0.717, 1.165) is 33.6 Å². The van der Waals surface area contributed by atoms with Gasteiger partial charge in [0.05, 0.1) is 28.4 Å². The van der Waals surface area contributed by atoms with Crippen molar-refractivity contribution in [2.75, 3.05) is 0 Å². The molecular weight excluding hydrogens is 739 g/mol. The number of benzene rings is 9. The Balaban J connectivity index is 1.10. The molecule has 282 valence electrons. The summed E-state index contributed by atoms with van der Waals surface area (Å²) in [7, 11) is 0. The van der Waals surface area contributed by atoms with Gasteiger partial charge < -0.3 is 0 Å². The minimum Gasteiger partial charge on any atom is -0.228 e. The van der Waals surface area contributed by atoms with Gasteiger partial charge in [-0.05, 0) is 114 Å². The molecule has 0 saturated heterocycles. The lowest BCUT2D eigenvalue weighted by Gasteiger charge is -2.35. The van der Waals surface area contributed by atoms with Crippen LogP contribution in [0.25, 0.3) is 89.2 Å². The van der Waals surface area contributed by atoms with E-state index in [4.69, 9.17) is 9.97 Å². The van der Waals surface area contributed by atoms with Crippen molar-refractivity contribution in [2.24, 2.45) is 0 Å². The van der Waals surface area contributed by atoms with E-state index in [0.29, 0.717) is 11.4 Å². The van der Waals surface area contributed by atoms with Gasteiger partial charge in [0.15, 0.2) is 5.82 Å². The molecule has 0 N–H and O–H groups in total. The van der Waals surface area contributed by atoms with Gasteiger partial charge in [0.2, 0.25) is 0 Å². The number of nitriles is 1. The van der Waals surface area contributed by atoms with Crippen molar-refractivity contribution >= 4 is 10.8 Å². The summed E-state index contributed by atoms with van der Waals surface area (Å²) in [5, 5.41) is 12.1. The molecule has 0 amide bonds. The van der Waals surface area contributed by atoms with Crippen molar-refractivity contribution < 1.29 is 0 Å². The van der Waals surface area contributed by atoms with Crippen molar-refractivity contribution in [3.63, 3.8) is 0 Å². The third-order valence-corrected chi connectivity index (χ3v) is 12.8. The second kappa shape index (κ2) is 13.7. The Bertz CT molecular complexity index is 3380. The van der Waals surface area contributed by atoms with Crippen molar-refractivity contribution in [1.29, 1.82) is 5.26 Å². The Morgan fingerprint density at radius 1 is 0.344 bits per heavy atom. The van der Waals surface area contributed by atoms with Crippen LogP contribution in [0.1, 0.15) is 27.8 Å². The van der Waals surface area contributed by atoms with Crippen molar-refractivity contribution in [1.82, 2.24) is 9.97 Å². The maximum Gasteiger partial charge on any atom is 0.160 e. The van der Waals surface area contributed by atoms with Crippen LogP contribution in [0.3, 0.4) is 0 Å². The lowest BCUT2D eigenvalue weighted by Crippen LogP contribution is -2.29. The molecule has 1 heterocycles. The van der Waals surface area contributed by atoms with Gasteiger partial charge in [-0.15, -0.1) is 0 Å². The maximum absolute atomic E-state index is 9.62. The van der Waals surface area contributed by atoms with Gasteiger partial charge in [-0.2, -0.15) is 5.26 Å². The topological polar surface area (TPSA) is 49.6 Å². The zero-order chi connectivity index (χ0) is 40.5. The third kappa shape index (κ3) is 5.29. The molecule has 0 bridgehead atoms. The molecule has 2 aliphatic rings. The van der Waals surface area contributed by atoms with E-state index >= 15 is 0 Å². The molecule has 2 aliphatic carbocycles. The molecule has 10 aromatic rings. The van der Waals surface area contributed by atoms with Crippen LogP contribution in [0.5, 0.6) is 0 Å². The van der Waals surface area contributed by atoms with Gasteiger partial charge in [-0.3, -0.25) is 0 Å². The molecule has 0 saturated carbocycles. The first-order chi connectivity index (χ1) is 30.2. The monoisotopic (exact) mass is 773 g/mol. The van der Waals surface area contributed by atoms with Gasteiger partial charge in [-0.25, -0.2) is 9.97 Å². The van der Waals surface area contributed by atoms with Crippen LogP contribution in [0.4, 0.5) is 0 Å². The largest absolute Gasteiger partial charge is 0.228 e. The Hall–Kier alpha value is -8.19. The quantitative estimate of drug-likeness (QED) is 0.179. The average molecular weight is 774 g/mol. The highest BCUT2D eigenvalue weighted by Gasteiger charge is 2.49. The second-order valence-corrected chi connectivity index (χ2v) is 15.9. The normalized spacial score (nSPS) is 12.7. The van der Waals surface area contributed by atoms with Crippen LogP contribution in [-0.2, 0) is 5.41 Å². The second-order valence-electron chi connectivity index (χ2n) is 15.9. The highest BCUT2D eigenvalue weighted by Crippen LogP contribution is 2.61. The van der Waals surface area contributed by atoms with Crippen LogP contribution in [0.2, 0.25) is 0 Å². The first-order valence-corrected chi connectivity index (χ1v) is 20.7. The molecular formula is C58H35N3. The van der Waals surface area contributed by atoms with Gasteiger partial charge in [0, 0.05) is 16.7 Å². The molecule has 3 nitrogen and oxygen atoms in total. The minimum absolute atomic E-state index is 0.595. The van der Waals surface area contributed by atoms with E-state index in [1.807, 2.05) is 24.3 Å². The van der Waals surface area contributed by atoms with E-state index in [2.05, 4.69) is 194 Å². The number of hydrogen-bond donors (Lipinski definition) is 0. The summed E-state index contributed by atoms with van der Waals surface area (Å²) in [6.45, 7) is 0. The predicted molar refractivity (Wildman–Crippen MR) is 248 cm³/mol. The summed E-state index contributed by atoms with van der Waals surface area (Å²) in [5.74, 6) is 0.604. The Kier molecular flexibility index (Phi) is 7.82. The third-order valence-electron chi connectivity index (χ3n) is 12.8. The highest BCUT2D eigenvalue weighted by molar-refractivity contribution is 5.99. The fourth-order valence-electron chi connectivity index (χ4n) is 10.1. The fraction of sp³-hybridized carbons (Fsp3) is 0.0172. The lowest BCUT2D eigenvalue weighted by atomic mass is 9.65. The van der Waals surface area contributed by atoms with Crippen LogP contribution in [0.15, 0.2) is 212 Å². The van der Waals surface area contributed by atoms with Gasteiger partial charge in [0.25, 0.3) is 0 Å². The van der Waals surface area contributed by atoms with Gasteiger partial charge in [-0.1, -0.05) is 176 Å². The predicted octanol–water partition coefficient (Wildman–Crippen LogP) is 14.2. The zero-order valence-corrected chi connectivity index (χ0v) is 33.0. The van der Waals surface area contributed by atoms with Crippen molar-refractivity contribution in [2.45, 2.75) is 5.41 Å². The van der Waals surface area contributed by atoms with Crippen molar-refractivity contribution in [3.8, 4) is 84.5 Å². The first-order valence-electron chi connectivity index (χ1n) is 20.7. The molecule has 1 spiro atoms. The number of fused-ring (bicyclic) bond motifs is 13. The van der Waals surface area contributed by atoms with Gasteiger partial charge >= 0.3 is 0 Å². The summed E-state index contributed by atoms with van der Waals surface area (Å²) < 4.78 is 0. The standard InChI is InChI=1S/C58H35N3/c59-36-37-24-26-41(27-25-37)57-60-55(40-30-28-39(29-31-40)44-20-11-13-38-12-1-2-14-43(38)44)35-56(61-57)42-32-33-50-46-16-4-3-15-45(46)47-17-5-8-21-51(47)58(54(50)34-42)52-22-9-6-18-48(52)49-19-7-10-23-53(49)58/h1-35H. The minimum atomic E-state index is -0.600. The number of rotatable bonds is 4.